The molecule has 1 aromatic heterocycles. The van der Waals surface area contributed by atoms with E-state index in [4.69, 9.17) is 9.15 Å². The van der Waals surface area contributed by atoms with Crippen LogP contribution in [0.3, 0.4) is 0 Å². The molecule has 2 aromatic carbocycles. The molecule has 31 heavy (non-hydrogen) atoms. The van der Waals surface area contributed by atoms with Crippen molar-refractivity contribution < 1.29 is 18.7 Å². The fourth-order valence-electron chi connectivity index (χ4n) is 4.23. The molecule has 1 unspecified atom stereocenters. The molecule has 1 atom stereocenters. The number of carbonyl (C=O) groups is 2. The predicted molar refractivity (Wildman–Crippen MR) is 122 cm³/mol. The van der Waals surface area contributed by atoms with E-state index in [9.17, 15) is 9.59 Å². The van der Waals surface area contributed by atoms with Crippen LogP contribution in [-0.4, -0.2) is 31.2 Å². The van der Waals surface area contributed by atoms with Gasteiger partial charge in [0.1, 0.15) is 5.58 Å². The van der Waals surface area contributed by atoms with E-state index in [0.29, 0.717) is 42.3 Å². The number of aryl methyl sites for hydroxylation is 3. The van der Waals surface area contributed by atoms with Gasteiger partial charge in [0.25, 0.3) is 5.91 Å². The Morgan fingerprint density at radius 3 is 2.39 bits per heavy atom. The lowest BCUT2D eigenvalue weighted by atomic mass is 10.00. The van der Waals surface area contributed by atoms with E-state index in [2.05, 4.69) is 0 Å². The van der Waals surface area contributed by atoms with E-state index in [1.807, 2.05) is 64.1 Å². The Morgan fingerprint density at radius 1 is 1.06 bits per heavy atom. The first-order valence-corrected chi connectivity index (χ1v) is 10.7. The number of carbonyl (C=O) groups excluding carboxylic acids is 2. The molecule has 0 spiro atoms. The second-order valence-electron chi connectivity index (χ2n) is 8.02. The molecule has 4 rings (SSSR count). The van der Waals surface area contributed by atoms with Gasteiger partial charge in [0, 0.05) is 17.5 Å². The minimum atomic E-state index is -0.383. The molecule has 3 aromatic rings. The highest BCUT2D eigenvalue weighted by Gasteiger charge is 2.39. The predicted octanol–water partition coefficient (Wildman–Crippen LogP) is 5.76. The molecule has 1 aliphatic heterocycles. The number of benzene rings is 2. The topological polar surface area (TPSA) is 63.0 Å². The average molecular weight is 421 g/mol. The number of furan rings is 1. The standard InChI is InChI=1S/C25H28N2O4/c1-6-18-14-26(24(28)23-17(5)19-10-8-9-11-22(19)31-23)20-12-15(3)16(4)13-21(20)27(18)25(29)30-7-2/h8-13,18H,6-7,14H2,1-5H3. The van der Waals surface area contributed by atoms with Crippen molar-refractivity contribution in [3.8, 4) is 0 Å². The average Bonchev–Trinajstić information content (AvgIpc) is 3.10. The van der Waals surface area contributed by atoms with Gasteiger partial charge in [-0.1, -0.05) is 25.1 Å². The number of ether oxygens (including phenoxy) is 1. The molecular formula is C25H28N2O4. The Labute approximate surface area is 182 Å². The van der Waals surface area contributed by atoms with Gasteiger partial charge in [-0.3, -0.25) is 9.69 Å². The van der Waals surface area contributed by atoms with Crippen LogP contribution in [0.2, 0.25) is 0 Å². The largest absolute Gasteiger partial charge is 0.451 e. The number of fused-ring (bicyclic) bond motifs is 2. The van der Waals surface area contributed by atoms with E-state index < -0.39 is 0 Å². The van der Waals surface area contributed by atoms with Crippen LogP contribution in [0.15, 0.2) is 40.8 Å². The summed E-state index contributed by atoms with van der Waals surface area (Å²) < 4.78 is 11.3. The molecule has 1 aliphatic rings. The smallest absolute Gasteiger partial charge is 0.414 e. The second kappa shape index (κ2) is 8.10. The number of rotatable bonds is 3. The molecule has 0 radical (unpaired) electrons. The van der Waals surface area contributed by atoms with E-state index >= 15 is 0 Å². The SMILES string of the molecule is CCOC(=O)N1c2cc(C)c(C)cc2N(C(=O)c2oc3ccccc3c2C)CC1CC. The highest BCUT2D eigenvalue weighted by atomic mass is 16.6. The van der Waals surface area contributed by atoms with Crippen LogP contribution in [0.1, 0.15) is 47.5 Å². The molecule has 2 heterocycles. The monoisotopic (exact) mass is 420 g/mol. The van der Waals surface area contributed by atoms with Crippen molar-refractivity contribution in [3.63, 3.8) is 0 Å². The summed E-state index contributed by atoms with van der Waals surface area (Å²) >= 11 is 0. The van der Waals surface area contributed by atoms with E-state index in [-0.39, 0.29) is 18.0 Å². The Bertz CT molecular complexity index is 1160. The van der Waals surface area contributed by atoms with Crippen molar-refractivity contribution in [1.82, 2.24) is 0 Å². The summed E-state index contributed by atoms with van der Waals surface area (Å²) in [5, 5.41) is 0.934. The fourth-order valence-corrected chi connectivity index (χ4v) is 4.23. The summed E-state index contributed by atoms with van der Waals surface area (Å²) in [6.45, 7) is 10.4. The highest BCUT2D eigenvalue weighted by molar-refractivity contribution is 6.11. The molecular weight excluding hydrogens is 392 g/mol. The van der Waals surface area contributed by atoms with E-state index in [1.165, 1.54) is 0 Å². The number of amides is 2. The first-order valence-electron chi connectivity index (χ1n) is 10.7. The van der Waals surface area contributed by atoms with Crippen LogP contribution >= 0.6 is 0 Å². The van der Waals surface area contributed by atoms with Crippen LogP contribution in [-0.2, 0) is 4.74 Å². The first-order chi connectivity index (χ1) is 14.9. The van der Waals surface area contributed by atoms with Gasteiger partial charge in [0.2, 0.25) is 0 Å². The molecule has 0 aliphatic carbocycles. The van der Waals surface area contributed by atoms with Gasteiger partial charge in [-0.05, 0) is 63.4 Å². The Morgan fingerprint density at radius 2 is 1.74 bits per heavy atom. The van der Waals surface area contributed by atoms with Crippen molar-refractivity contribution in [2.45, 2.75) is 47.1 Å². The number of hydrogen-bond donors (Lipinski definition) is 0. The van der Waals surface area contributed by atoms with Crippen LogP contribution in [0, 0.1) is 20.8 Å². The zero-order chi connectivity index (χ0) is 22.3. The van der Waals surface area contributed by atoms with Gasteiger partial charge < -0.3 is 14.1 Å². The van der Waals surface area contributed by atoms with Crippen molar-refractivity contribution in [1.29, 1.82) is 0 Å². The number of anilines is 2. The van der Waals surface area contributed by atoms with E-state index in [0.717, 1.165) is 22.1 Å². The summed E-state index contributed by atoms with van der Waals surface area (Å²) in [7, 11) is 0. The zero-order valence-electron chi connectivity index (χ0n) is 18.7. The molecule has 0 N–H and O–H groups in total. The molecule has 0 saturated heterocycles. The van der Waals surface area contributed by atoms with Crippen molar-refractivity contribution in [2.75, 3.05) is 23.0 Å². The summed E-state index contributed by atoms with van der Waals surface area (Å²) in [6, 6.07) is 11.4. The van der Waals surface area contributed by atoms with Gasteiger partial charge in [0.05, 0.1) is 24.0 Å². The lowest BCUT2D eigenvalue weighted by molar-refractivity contribution is 0.0956. The summed E-state index contributed by atoms with van der Waals surface area (Å²) in [4.78, 5) is 30.0. The normalized spacial score (nSPS) is 15.8. The minimum Gasteiger partial charge on any atom is -0.451 e. The van der Waals surface area contributed by atoms with Crippen LogP contribution in [0.25, 0.3) is 11.0 Å². The molecule has 0 fully saturated rings. The number of para-hydroxylation sites is 1. The third kappa shape index (κ3) is 3.46. The maximum absolute atomic E-state index is 13.7. The van der Waals surface area contributed by atoms with Crippen molar-refractivity contribution in [2.24, 2.45) is 0 Å². The van der Waals surface area contributed by atoms with E-state index in [1.54, 1.807) is 16.7 Å². The summed E-state index contributed by atoms with van der Waals surface area (Å²) in [5.74, 6) is 0.143. The van der Waals surface area contributed by atoms with Crippen molar-refractivity contribution >= 4 is 34.3 Å². The summed E-state index contributed by atoms with van der Waals surface area (Å²) in [6.07, 6.45) is 0.305. The first kappa shape index (κ1) is 21.0. The Kier molecular flexibility index (Phi) is 5.48. The molecule has 2 amide bonds. The molecule has 6 heteroatoms. The highest BCUT2D eigenvalue weighted by Crippen LogP contribution is 2.40. The van der Waals surface area contributed by atoms with Gasteiger partial charge in [-0.15, -0.1) is 0 Å². The quantitative estimate of drug-likeness (QED) is 0.540. The number of nitrogens with zero attached hydrogens (tertiary/aromatic N) is 2. The number of hydrogen-bond acceptors (Lipinski definition) is 4. The Hall–Kier alpha value is -3.28. The lowest BCUT2D eigenvalue weighted by Crippen LogP contribution is -2.53. The van der Waals surface area contributed by atoms with Gasteiger partial charge in [-0.25, -0.2) is 4.79 Å². The fraction of sp³-hybridized carbons (Fsp3) is 0.360. The van der Waals surface area contributed by atoms with Crippen molar-refractivity contribution in [3.05, 3.63) is 58.8 Å². The molecule has 0 saturated carbocycles. The molecule has 6 nitrogen and oxygen atoms in total. The third-order valence-corrected chi connectivity index (χ3v) is 6.12. The van der Waals surface area contributed by atoms with Crippen LogP contribution < -0.4 is 9.80 Å². The maximum Gasteiger partial charge on any atom is 0.414 e. The van der Waals surface area contributed by atoms with Crippen LogP contribution in [0.5, 0.6) is 0 Å². The van der Waals surface area contributed by atoms with Gasteiger partial charge in [0.15, 0.2) is 5.76 Å². The third-order valence-electron chi connectivity index (χ3n) is 6.12. The van der Waals surface area contributed by atoms with Gasteiger partial charge >= 0.3 is 6.09 Å². The van der Waals surface area contributed by atoms with Crippen LogP contribution in [0.4, 0.5) is 16.2 Å². The summed E-state index contributed by atoms with van der Waals surface area (Å²) in [5.41, 5.74) is 5.02. The second-order valence-corrected chi connectivity index (χ2v) is 8.02. The lowest BCUT2D eigenvalue weighted by Gasteiger charge is -2.41. The zero-order valence-corrected chi connectivity index (χ0v) is 18.7. The minimum absolute atomic E-state index is 0.192. The Balaban J connectivity index is 1.85. The van der Waals surface area contributed by atoms with Gasteiger partial charge in [-0.2, -0.15) is 0 Å². The molecule has 0 bridgehead atoms. The maximum atomic E-state index is 13.7. The molecule has 162 valence electrons.